The molecule has 0 spiro atoms. The second-order valence-corrected chi connectivity index (χ2v) is 3.52. The van der Waals surface area contributed by atoms with Gasteiger partial charge >= 0.3 is 0 Å². The van der Waals surface area contributed by atoms with E-state index in [9.17, 15) is 4.79 Å². The van der Waals surface area contributed by atoms with Gasteiger partial charge in [0.1, 0.15) is 0 Å². The van der Waals surface area contributed by atoms with Crippen LogP contribution in [0.15, 0.2) is 18.2 Å². The molecule has 0 radical (unpaired) electrons. The van der Waals surface area contributed by atoms with Gasteiger partial charge in [-0.1, -0.05) is 0 Å². The van der Waals surface area contributed by atoms with Crippen molar-refractivity contribution in [3.63, 3.8) is 0 Å². The van der Waals surface area contributed by atoms with Crippen LogP contribution in [0.25, 0.3) is 0 Å². The van der Waals surface area contributed by atoms with E-state index in [-0.39, 0.29) is 5.78 Å². The summed E-state index contributed by atoms with van der Waals surface area (Å²) in [5.74, 6) is -0.00324. The average Bonchev–Trinajstić information content (AvgIpc) is 2.05. The molecule has 0 unspecified atom stereocenters. The van der Waals surface area contributed by atoms with Crippen LogP contribution >= 0.6 is 22.6 Å². The minimum Gasteiger partial charge on any atom is -0.294 e. The highest BCUT2D eigenvalue weighted by Crippen LogP contribution is 2.14. The molecule has 3 heteroatoms. The molecule has 1 aromatic rings. The summed E-state index contributed by atoms with van der Waals surface area (Å²) in [7, 11) is 0. The predicted octanol–water partition coefficient (Wildman–Crippen LogP) is 2.37. The summed E-state index contributed by atoms with van der Waals surface area (Å²) in [6.07, 6.45) is 0. The van der Waals surface area contributed by atoms with Crippen molar-refractivity contribution < 1.29 is 4.79 Å². The number of halogens is 1. The van der Waals surface area contributed by atoms with E-state index < -0.39 is 0 Å². The van der Waals surface area contributed by atoms with Gasteiger partial charge in [0.25, 0.3) is 0 Å². The number of carbonyl (C=O) groups excluding carboxylic acids is 1. The number of hydrogen-bond acceptors (Lipinski definition) is 2. The first-order chi connectivity index (χ1) is 5.65. The van der Waals surface area contributed by atoms with Crippen molar-refractivity contribution in [1.82, 2.24) is 0 Å². The summed E-state index contributed by atoms with van der Waals surface area (Å²) in [4.78, 5) is 11.0. The summed E-state index contributed by atoms with van der Waals surface area (Å²) in [6, 6.07) is 7.09. The molecule has 0 aliphatic heterocycles. The van der Waals surface area contributed by atoms with Gasteiger partial charge in [-0.05, 0) is 47.7 Å². The van der Waals surface area contributed by atoms with Crippen molar-refractivity contribution in [2.75, 3.05) is 0 Å². The summed E-state index contributed by atoms with van der Waals surface area (Å²) >= 11 is 2.08. The number of ketones is 1. The lowest BCUT2D eigenvalue weighted by Crippen LogP contribution is -1.96. The lowest BCUT2D eigenvalue weighted by molar-refractivity contribution is 0.101. The Bertz CT molecular complexity index is 365. The van der Waals surface area contributed by atoms with Crippen LogP contribution in [-0.4, -0.2) is 5.78 Å². The number of Topliss-reactive ketones (excluding diaryl/α,β-unsaturated/α-hetero) is 1. The maximum atomic E-state index is 11.0. The number of nitriles is 1. The molecule has 0 fully saturated rings. The molecule has 2 nitrogen and oxygen atoms in total. The summed E-state index contributed by atoms with van der Waals surface area (Å²) in [6.45, 7) is 1.50. The van der Waals surface area contributed by atoms with E-state index in [2.05, 4.69) is 22.6 Å². The van der Waals surface area contributed by atoms with Crippen LogP contribution in [0.2, 0.25) is 0 Å². The zero-order valence-corrected chi connectivity index (χ0v) is 8.62. The maximum absolute atomic E-state index is 11.0. The fraction of sp³-hybridized carbons (Fsp3) is 0.111. The van der Waals surface area contributed by atoms with Gasteiger partial charge in [0.2, 0.25) is 0 Å². The largest absolute Gasteiger partial charge is 0.294 e. The maximum Gasteiger partial charge on any atom is 0.160 e. The molecule has 1 aromatic carbocycles. The smallest absolute Gasteiger partial charge is 0.160 e. The Morgan fingerprint density at radius 1 is 1.58 bits per heavy atom. The molecule has 0 atom stereocenters. The average molecular weight is 271 g/mol. The van der Waals surface area contributed by atoms with E-state index in [1.807, 2.05) is 6.07 Å². The first-order valence-corrected chi connectivity index (χ1v) is 4.43. The highest BCUT2D eigenvalue weighted by atomic mass is 127. The predicted molar refractivity (Wildman–Crippen MR) is 53.9 cm³/mol. The topological polar surface area (TPSA) is 40.9 Å². The molecule has 0 aliphatic rings. The van der Waals surface area contributed by atoms with Gasteiger partial charge in [0, 0.05) is 9.13 Å². The Morgan fingerprint density at radius 3 is 2.75 bits per heavy atom. The SMILES string of the molecule is CC(=O)c1cc(C#N)ccc1I. The van der Waals surface area contributed by atoms with Gasteiger partial charge in [0.15, 0.2) is 5.78 Å². The summed E-state index contributed by atoms with van der Waals surface area (Å²) in [5.41, 5.74) is 1.15. The van der Waals surface area contributed by atoms with Gasteiger partial charge in [0.05, 0.1) is 11.6 Å². The molecule has 0 aliphatic carbocycles. The lowest BCUT2D eigenvalue weighted by atomic mass is 10.1. The molecule has 0 saturated heterocycles. The summed E-state index contributed by atoms with van der Waals surface area (Å²) in [5, 5.41) is 8.57. The fourth-order valence-corrected chi connectivity index (χ4v) is 1.58. The van der Waals surface area contributed by atoms with Crippen LogP contribution in [0.4, 0.5) is 0 Å². The van der Waals surface area contributed by atoms with Crippen LogP contribution in [0.1, 0.15) is 22.8 Å². The van der Waals surface area contributed by atoms with E-state index in [0.717, 1.165) is 3.57 Å². The third-order valence-electron chi connectivity index (χ3n) is 1.47. The molecule has 0 aromatic heterocycles. The fourth-order valence-electron chi connectivity index (χ4n) is 0.865. The third kappa shape index (κ3) is 1.83. The zero-order chi connectivity index (χ0) is 9.14. The molecule has 0 bridgehead atoms. The highest BCUT2D eigenvalue weighted by Gasteiger charge is 2.05. The Labute approximate surface area is 84.3 Å². The number of benzene rings is 1. The number of hydrogen-bond donors (Lipinski definition) is 0. The molecular formula is C9H6INO. The number of carbonyl (C=O) groups is 1. The van der Waals surface area contributed by atoms with Crippen molar-refractivity contribution in [3.05, 3.63) is 32.9 Å². The second kappa shape index (κ2) is 3.68. The van der Waals surface area contributed by atoms with Crippen molar-refractivity contribution in [1.29, 1.82) is 5.26 Å². The number of nitrogens with zero attached hydrogens (tertiary/aromatic N) is 1. The van der Waals surface area contributed by atoms with Gasteiger partial charge in [-0.3, -0.25) is 4.79 Å². The Morgan fingerprint density at radius 2 is 2.25 bits per heavy atom. The van der Waals surface area contributed by atoms with Gasteiger partial charge in [-0.25, -0.2) is 0 Å². The minimum absolute atomic E-state index is 0.00324. The molecule has 0 amide bonds. The third-order valence-corrected chi connectivity index (χ3v) is 2.42. The molecular weight excluding hydrogens is 265 g/mol. The monoisotopic (exact) mass is 271 g/mol. The summed E-state index contributed by atoms with van der Waals surface area (Å²) < 4.78 is 0.888. The Kier molecular flexibility index (Phi) is 2.82. The molecule has 0 N–H and O–H groups in total. The van der Waals surface area contributed by atoms with Crippen molar-refractivity contribution in [2.24, 2.45) is 0 Å². The quantitative estimate of drug-likeness (QED) is 0.581. The highest BCUT2D eigenvalue weighted by molar-refractivity contribution is 14.1. The van der Waals surface area contributed by atoms with E-state index >= 15 is 0 Å². The van der Waals surface area contributed by atoms with Crippen LogP contribution in [0, 0.1) is 14.9 Å². The first-order valence-electron chi connectivity index (χ1n) is 3.35. The van der Waals surface area contributed by atoms with E-state index in [1.54, 1.807) is 18.2 Å². The van der Waals surface area contributed by atoms with Gasteiger partial charge in [-0.2, -0.15) is 5.26 Å². The van der Waals surface area contributed by atoms with Crippen molar-refractivity contribution in [2.45, 2.75) is 6.92 Å². The zero-order valence-electron chi connectivity index (χ0n) is 6.47. The first kappa shape index (κ1) is 9.20. The van der Waals surface area contributed by atoms with Crippen LogP contribution < -0.4 is 0 Å². The number of rotatable bonds is 1. The van der Waals surface area contributed by atoms with Gasteiger partial charge in [-0.15, -0.1) is 0 Å². The van der Waals surface area contributed by atoms with E-state index in [1.165, 1.54) is 6.92 Å². The van der Waals surface area contributed by atoms with Crippen LogP contribution in [0.3, 0.4) is 0 Å². The minimum atomic E-state index is -0.00324. The standard InChI is InChI=1S/C9H6INO/c1-6(12)8-4-7(5-11)2-3-9(8)10/h2-4H,1H3. The molecule has 12 heavy (non-hydrogen) atoms. The lowest BCUT2D eigenvalue weighted by Gasteiger charge is -1.98. The second-order valence-electron chi connectivity index (χ2n) is 2.36. The Hall–Kier alpha value is -0.890. The van der Waals surface area contributed by atoms with Crippen LogP contribution in [0.5, 0.6) is 0 Å². The van der Waals surface area contributed by atoms with E-state index in [4.69, 9.17) is 5.26 Å². The molecule has 60 valence electrons. The van der Waals surface area contributed by atoms with E-state index in [0.29, 0.717) is 11.1 Å². The molecule has 1 rings (SSSR count). The van der Waals surface area contributed by atoms with Crippen LogP contribution in [-0.2, 0) is 0 Å². The normalized spacial score (nSPS) is 9.08. The van der Waals surface area contributed by atoms with Gasteiger partial charge < -0.3 is 0 Å². The van der Waals surface area contributed by atoms with Crippen molar-refractivity contribution in [3.8, 4) is 6.07 Å². The Balaban J connectivity index is 3.28. The van der Waals surface area contributed by atoms with Crippen molar-refractivity contribution >= 4 is 28.4 Å². The molecule has 0 heterocycles. The molecule has 0 saturated carbocycles.